The normalized spacial score (nSPS) is 30.2. The van der Waals surface area contributed by atoms with E-state index >= 15 is 0 Å². The number of hydrogen-bond donors (Lipinski definition) is 0. The molecule has 2 atom stereocenters. The number of esters is 1. The molecule has 0 radical (unpaired) electrons. The van der Waals surface area contributed by atoms with Crippen LogP contribution in [0.15, 0.2) is 11.8 Å². The molecule has 2 unspecified atom stereocenters. The Bertz CT molecular complexity index is 504. The summed E-state index contributed by atoms with van der Waals surface area (Å²) in [7, 11) is 0. The summed E-state index contributed by atoms with van der Waals surface area (Å²) in [6.45, 7) is 3.77. The second-order valence-electron chi connectivity index (χ2n) is 4.46. The smallest absolute Gasteiger partial charge is 0.303 e. The molecule has 0 amide bonds. The highest BCUT2D eigenvalue weighted by Crippen LogP contribution is 2.42. The zero-order valence-electron chi connectivity index (χ0n) is 11.1. The number of carbonyl (C=O) groups is 1. The van der Waals surface area contributed by atoms with Crippen LogP contribution in [0.25, 0.3) is 0 Å². The molecule has 1 spiro atoms. The monoisotopic (exact) mass is 260 g/mol. The molecule has 2 aliphatic rings. The summed E-state index contributed by atoms with van der Waals surface area (Å²) >= 11 is 0. The van der Waals surface area contributed by atoms with Crippen molar-refractivity contribution >= 4 is 5.97 Å². The van der Waals surface area contributed by atoms with Gasteiger partial charge in [0.2, 0.25) is 5.79 Å². The average molecular weight is 260 g/mol. The van der Waals surface area contributed by atoms with Gasteiger partial charge in [0.15, 0.2) is 6.10 Å². The minimum Gasteiger partial charge on any atom is -0.462 e. The number of allylic oxidation sites excluding steroid dienone is 1. The zero-order chi connectivity index (χ0) is 13.7. The molecule has 100 valence electrons. The van der Waals surface area contributed by atoms with Crippen molar-refractivity contribution in [3.63, 3.8) is 0 Å². The van der Waals surface area contributed by atoms with Gasteiger partial charge in [-0.1, -0.05) is 11.8 Å². The van der Waals surface area contributed by atoms with E-state index in [1.54, 1.807) is 13.0 Å². The molecule has 0 saturated carbocycles. The third kappa shape index (κ3) is 3.30. The zero-order valence-corrected chi connectivity index (χ0v) is 11.1. The lowest BCUT2D eigenvalue weighted by atomic mass is 10.1. The summed E-state index contributed by atoms with van der Waals surface area (Å²) < 4.78 is 16.7. The Hall–Kier alpha value is -1.91. The quantitative estimate of drug-likeness (QED) is 0.532. The highest BCUT2D eigenvalue weighted by Gasteiger charge is 2.49. The third-order valence-corrected chi connectivity index (χ3v) is 2.97. The molecule has 0 aromatic rings. The van der Waals surface area contributed by atoms with Gasteiger partial charge in [0.05, 0.1) is 13.0 Å². The molecule has 2 aliphatic heterocycles. The summed E-state index contributed by atoms with van der Waals surface area (Å²) in [5.41, 5.74) is 0. The first-order chi connectivity index (χ1) is 9.15. The van der Waals surface area contributed by atoms with E-state index in [4.69, 9.17) is 14.2 Å². The minimum atomic E-state index is -0.635. The second kappa shape index (κ2) is 5.82. The van der Waals surface area contributed by atoms with Crippen LogP contribution in [0.4, 0.5) is 0 Å². The first-order valence-corrected chi connectivity index (χ1v) is 6.28. The number of hydrogen-bond acceptors (Lipinski definition) is 4. The van der Waals surface area contributed by atoms with Gasteiger partial charge in [-0.3, -0.25) is 4.79 Å². The number of carbonyl (C=O) groups excluding carboxylic acids is 1. The molecule has 0 aromatic carbocycles. The maximum Gasteiger partial charge on any atom is 0.303 e. The van der Waals surface area contributed by atoms with Crippen molar-refractivity contribution < 1.29 is 19.0 Å². The summed E-state index contributed by atoms with van der Waals surface area (Å²) in [5, 5.41) is 0. The van der Waals surface area contributed by atoms with E-state index in [0.717, 1.165) is 12.8 Å². The summed E-state index contributed by atoms with van der Waals surface area (Å²) in [5.74, 6) is 10.3. The molecule has 0 N–H and O–H groups in total. The fraction of sp³-hybridized carbons (Fsp3) is 0.533. The fourth-order valence-corrected chi connectivity index (χ4v) is 2.25. The third-order valence-electron chi connectivity index (χ3n) is 2.97. The van der Waals surface area contributed by atoms with Gasteiger partial charge in [0, 0.05) is 19.4 Å². The predicted molar refractivity (Wildman–Crippen MR) is 68.5 cm³/mol. The van der Waals surface area contributed by atoms with Crippen molar-refractivity contribution in [2.45, 2.75) is 45.0 Å². The van der Waals surface area contributed by atoms with E-state index in [9.17, 15) is 4.79 Å². The van der Waals surface area contributed by atoms with Gasteiger partial charge in [-0.25, -0.2) is 0 Å². The van der Waals surface area contributed by atoms with Crippen LogP contribution >= 0.6 is 0 Å². The van der Waals surface area contributed by atoms with Crippen LogP contribution in [0.5, 0.6) is 0 Å². The summed E-state index contributed by atoms with van der Waals surface area (Å²) in [4.78, 5) is 11.1. The molecule has 19 heavy (non-hydrogen) atoms. The van der Waals surface area contributed by atoms with Gasteiger partial charge >= 0.3 is 5.97 Å². The maximum absolute atomic E-state index is 11.1. The molecule has 4 nitrogen and oxygen atoms in total. The van der Waals surface area contributed by atoms with Crippen molar-refractivity contribution in [1.29, 1.82) is 0 Å². The lowest BCUT2D eigenvalue weighted by molar-refractivity contribution is -0.163. The van der Waals surface area contributed by atoms with Crippen LogP contribution in [0, 0.1) is 23.7 Å². The number of ether oxygens (including phenoxy) is 3. The Morgan fingerprint density at radius 3 is 3.00 bits per heavy atom. The highest BCUT2D eigenvalue weighted by molar-refractivity contribution is 5.66. The molecule has 2 saturated heterocycles. The fourth-order valence-electron chi connectivity index (χ4n) is 2.25. The topological polar surface area (TPSA) is 44.8 Å². The van der Waals surface area contributed by atoms with Crippen molar-refractivity contribution in [2.75, 3.05) is 6.61 Å². The highest BCUT2D eigenvalue weighted by atomic mass is 16.7. The van der Waals surface area contributed by atoms with Crippen LogP contribution < -0.4 is 0 Å². The van der Waals surface area contributed by atoms with E-state index in [0.29, 0.717) is 18.8 Å². The molecular weight excluding hydrogens is 244 g/mol. The largest absolute Gasteiger partial charge is 0.462 e. The summed E-state index contributed by atoms with van der Waals surface area (Å²) in [6.07, 6.45) is 3.48. The Morgan fingerprint density at radius 1 is 1.53 bits per heavy atom. The SMILES string of the molecule is CC#CC#CC=C1OC2(CCCO2)CC1OC(C)=O. The van der Waals surface area contributed by atoms with Crippen LogP contribution in [0.1, 0.15) is 33.1 Å². The number of rotatable bonds is 1. The Balaban J connectivity index is 2.15. The van der Waals surface area contributed by atoms with Gasteiger partial charge in [0.1, 0.15) is 5.76 Å². The lowest BCUT2D eigenvalue weighted by Gasteiger charge is -2.20. The molecule has 2 fully saturated rings. The standard InChI is InChI=1S/C15H16O4/c1-3-4-5-6-8-13-14(18-12(2)16)11-15(19-13)9-7-10-17-15/h8,14H,7,9-11H2,1-2H3. The molecule has 2 rings (SSSR count). The van der Waals surface area contributed by atoms with Crippen LogP contribution in [0.2, 0.25) is 0 Å². The van der Waals surface area contributed by atoms with Gasteiger partial charge < -0.3 is 14.2 Å². The van der Waals surface area contributed by atoms with Crippen LogP contribution in [-0.2, 0) is 19.0 Å². The van der Waals surface area contributed by atoms with Gasteiger partial charge in [-0.15, -0.1) is 0 Å². The Kier molecular flexibility index (Phi) is 4.14. The van der Waals surface area contributed by atoms with E-state index < -0.39 is 11.9 Å². The van der Waals surface area contributed by atoms with Crippen molar-refractivity contribution in [2.24, 2.45) is 0 Å². The molecule has 4 heteroatoms. The van der Waals surface area contributed by atoms with Crippen molar-refractivity contribution in [3.05, 3.63) is 11.8 Å². The first kappa shape index (κ1) is 13.5. The minimum absolute atomic E-state index is 0.337. The van der Waals surface area contributed by atoms with Gasteiger partial charge in [-0.05, 0) is 25.2 Å². The van der Waals surface area contributed by atoms with Crippen molar-refractivity contribution in [1.82, 2.24) is 0 Å². The summed E-state index contributed by atoms with van der Waals surface area (Å²) in [6, 6.07) is 0. The lowest BCUT2D eigenvalue weighted by Crippen LogP contribution is -2.27. The van der Waals surface area contributed by atoms with Gasteiger partial charge in [0.25, 0.3) is 0 Å². The Labute approximate surface area is 113 Å². The van der Waals surface area contributed by atoms with Gasteiger partial charge in [-0.2, -0.15) is 0 Å². The average Bonchev–Trinajstić information content (AvgIpc) is 2.93. The Morgan fingerprint density at radius 2 is 2.37 bits per heavy atom. The molecule has 0 aliphatic carbocycles. The van der Waals surface area contributed by atoms with E-state index in [-0.39, 0.29) is 5.97 Å². The van der Waals surface area contributed by atoms with E-state index in [1.165, 1.54) is 6.92 Å². The van der Waals surface area contributed by atoms with E-state index in [1.807, 2.05) is 0 Å². The predicted octanol–water partition coefficient (Wildman–Crippen LogP) is 1.76. The van der Waals surface area contributed by atoms with Crippen LogP contribution in [-0.4, -0.2) is 24.5 Å². The first-order valence-electron chi connectivity index (χ1n) is 6.28. The second-order valence-corrected chi connectivity index (χ2v) is 4.46. The molecule has 0 bridgehead atoms. The van der Waals surface area contributed by atoms with Crippen LogP contribution in [0.3, 0.4) is 0 Å². The molecular formula is C15H16O4. The maximum atomic E-state index is 11.1. The van der Waals surface area contributed by atoms with Crippen molar-refractivity contribution in [3.8, 4) is 23.7 Å². The van der Waals surface area contributed by atoms with E-state index in [2.05, 4.69) is 23.7 Å². The molecule has 0 aromatic heterocycles. The molecule has 2 heterocycles.